The first-order valence-corrected chi connectivity index (χ1v) is 28.3. The number of allylic oxidation sites excluding steroid dienone is 5. The Hall–Kier alpha value is -1.10. The summed E-state index contributed by atoms with van der Waals surface area (Å²) >= 11 is 0. The second kappa shape index (κ2) is 54.2. The second-order valence-corrected chi connectivity index (χ2v) is 19.2. The van der Waals surface area contributed by atoms with Crippen LogP contribution in [0.25, 0.3) is 0 Å². The zero-order valence-electron chi connectivity index (χ0n) is 42.7. The maximum absolute atomic E-state index is 8.90. The van der Waals surface area contributed by atoms with Gasteiger partial charge in [-0.05, 0) is 83.5 Å². The molecule has 0 aromatic rings. The van der Waals surface area contributed by atoms with Crippen LogP contribution in [0, 0.1) is 5.92 Å². The Morgan fingerprint density at radius 1 is 0.403 bits per heavy atom. The van der Waals surface area contributed by atoms with Crippen LogP contribution in [0.5, 0.6) is 0 Å². The highest BCUT2D eigenvalue weighted by atomic mass is 16.7. The normalized spacial score (nSPS) is 12.4. The number of ether oxygens (including phenoxy) is 1. The summed E-state index contributed by atoms with van der Waals surface area (Å²) in [6, 6.07) is 0. The van der Waals surface area contributed by atoms with Crippen LogP contribution in [-0.4, -0.2) is 43.1 Å². The molecule has 1 atom stereocenters. The lowest BCUT2D eigenvalue weighted by Crippen LogP contribution is -2.29. The van der Waals surface area contributed by atoms with E-state index in [0.29, 0.717) is 12.5 Å². The van der Waals surface area contributed by atoms with Crippen LogP contribution in [0.4, 0.5) is 0 Å². The maximum Gasteiger partial charge on any atom is 0.0748 e. The van der Waals surface area contributed by atoms with E-state index in [9.17, 15) is 0 Å². The van der Waals surface area contributed by atoms with Gasteiger partial charge >= 0.3 is 0 Å². The first-order chi connectivity index (χ1) is 30.7. The van der Waals surface area contributed by atoms with Gasteiger partial charge in [0.05, 0.1) is 19.8 Å². The minimum absolute atomic E-state index is 0.124. The quantitative estimate of drug-likeness (QED) is 0.0376. The molecular weight excluding hydrogens is 759 g/mol. The Morgan fingerprint density at radius 3 is 1.11 bits per heavy atom. The van der Waals surface area contributed by atoms with E-state index >= 15 is 0 Å². The van der Waals surface area contributed by atoms with Gasteiger partial charge in [-0.2, -0.15) is 0 Å². The van der Waals surface area contributed by atoms with Gasteiger partial charge in [0.25, 0.3) is 0 Å². The highest BCUT2D eigenvalue weighted by molar-refractivity contribution is 4.98. The minimum atomic E-state index is 0.124. The minimum Gasteiger partial charge on any atom is -0.394 e. The van der Waals surface area contributed by atoms with Crippen molar-refractivity contribution in [2.45, 2.75) is 297 Å². The van der Waals surface area contributed by atoms with E-state index in [1.54, 1.807) is 0 Å². The second-order valence-electron chi connectivity index (χ2n) is 19.2. The lowest BCUT2D eigenvalue weighted by Gasteiger charge is -2.31. The summed E-state index contributed by atoms with van der Waals surface area (Å²) in [5.41, 5.74) is 1.28. The van der Waals surface area contributed by atoms with Gasteiger partial charge in [-0.25, -0.2) is 0 Å². The van der Waals surface area contributed by atoms with Crippen LogP contribution < -0.4 is 0 Å². The van der Waals surface area contributed by atoms with E-state index in [0.717, 1.165) is 32.6 Å². The number of hydroxylamine groups is 2. The predicted molar refractivity (Wildman–Crippen MR) is 277 cm³/mol. The van der Waals surface area contributed by atoms with Gasteiger partial charge in [-0.1, -0.05) is 244 Å². The van der Waals surface area contributed by atoms with Gasteiger partial charge in [0.1, 0.15) is 0 Å². The summed E-state index contributed by atoms with van der Waals surface area (Å²) < 4.78 is 5.42. The molecule has 1 unspecified atom stereocenters. The van der Waals surface area contributed by atoms with Crippen molar-refractivity contribution in [3.05, 3.63) is 36.6 Å². The number of unbranched alkanes of at least 4 members (excludes halogenated alkanes) is 35. The summed E-state index contributed by atoms with van der Waals surface area (Å²) in [5, 5.41) is 11.2. The molecule has 0 amide bonds. The Kier molecular flexibility index (Phi) is 53.3. The fourth-order valence-electron chi connectivity index (χ4n) is 8.82. The van der Waals surface area contributed by atoms with Gasteiger partial charge in [0, 0.05) is 24.8 Å². The van der Waals surface area contributed by atoms with Crippen LogP contribution in [-0.2, 0) is 9.57 Å². The number of hydrogen-bond acceptors (Lipinski definition) is 4. The molecule has 368 valence electrons. The number of aliphatic hydroxyl groups is 1. The van der Waals surface area contributed by atoms with Crippen molar-refractivity contribution in [3.63, 3.8) is 0 Å². The molecule has 4 heteroatoms. The van der Waals surface area contributed by atoms with Crippen LogP contribution in [0.15, 0.2) is 36.6 Å². The van der Waals surface area contributed by atoms with Crippen molar-refractivity contribution in [2.24, 2.45) is 5.92 Å². The number of nitrogens with zero attached hydrogens (tertiary/aromatic N) is 1. The third kappa shape index (κ3) is 46.9. The lowest BCUT2D eigenvalue weighted by atomic mass is 9.91. The van der Waals surface area contributed by atoms with E-state index in [-0.39, 0.29) is 6.61 Å². The average molecular weight is 873 g/mol. The van der Waals surface area contributed by atoms with Crippen molar-refractivity contribution in [1.29, 1.82) is 0 Å². The molecule has 0 bridgehead atoms. The van der Waals surface area contributed by atoms with Crippen molar-refractivity contribution < 1.29 is 14.7 Å². The molecule has 0 aliphatic rings. The van der Waals surface area contributed by atoms with Crippen molar-refractivity contribution in [1.82, 2.24) is 5.06 Å². The van der Waals surface area contributed by atoms with Gasteiger partial charge in [0.15, 0.2) is 0 Å². The molecule has 4 nitrogen and oxygen atoms in total. The molecule has 0 aliphatic carbocycles. The molecule has 0 aromatic carbocycles. The number of aliphatic hydroxyl groups excluding tert-OH is 1. The number of hydrogen-bond donors (Lipinski definition) is 1. The molecule has 0 saturated heterocycles. The molecular formula is C58H113NO3. The van der Waals surface area contributed by atoms with Gasteiger partial charge in [0.2, 0.25) is 0 Å². The monoisotopic (exact) mass is 872 g/mol. The highest BCUT2D eigenvalue weighted by Crippen LogP contribution is 2.28. The van der Waals surface area contributed by atoms with E-state index in [2.05, 4.69) is 50.1 Å². The molecule has 0 aliphatic heterocycles. The van der Waals surface area contributed by atoms with E-state index in [1.165, 1.54) is 269 Å². The van der Waals surface area contributed by atoms with Crippen molar-refractivity contribution >= 4 is 0 Å². The summed E-state index contributed by atoms with van der Waals surface area (Å²) in [6.45, 7) is 14.9. The molecule has 0 aromatic heterocycles. The van der Waals surface area contributed by atoms with Crippen LogP contribution in [0.2, 0.25) is 0 Å². The fraction of sp³-hybridized carbons (Fsp3) is 0.897. The Labute approximate surface area is 390 Å². The molecule has 0 rings (SSSR count). The van der Waals surface area contributed by atoms with Gasteiger partial charge in [-0.15, -0.1) is 0 Å². The summed E-state index contributed by atoms with van der Waals surface area (Å²) in [4.78, 5) is 6.63. The topological polar surface area (TPSA) is 41.9 Å². The number of rotatable bonds is 54. The maximum atomic E-state index is 8.90. The van der Waals surface area contributed by atoms with Crippen LogP contribution in [0.3, 0.4) is 0 Å². The Bertz CT molecular complexity index is 901. The first-order valence-electron chi connectivity index (χ1n) is 28.3. The van der Waals surface area contributed by atoms with E-state index in [4.69, 9.17) is 21.3 Å². The summed E-state index contributed by atoms with van der Waals surface area (Å²) in [5.74, 6) is 0.546. The zero-order chi connectivity index (χ0) is 44.9. The first kappa shape index (κ1) is 60.9. The summed E-state index contributed by atoms with van der Waals surface area (Å²) in [6.07, 6.45) is 67.1. The van der Waals surface area contributed by atoms with Crippen molar-refractivity contribution in [3.8, 4) is 0 Å². The molecule has 0 heterocycles. The highest BCUT2D eigenvalue weighted by Gasteiger charge is 2.19. The van der Waals surface area contributed by atoms with E-state index < -0.39 is 0 Å². The Morgan fingerprint density at radius 2 is 0.726 bits per heavy atom. The lowest BCUT2D eigenvalue weighted by molar-refractivity contribution is -0.140. The molecule has 62 heavy (non-hydrogen) atoms. The largest absolute Gasteiger partial charge is 0.394 e. The molecule has 1 N–H and O–H groups in total. The molecule has 0 saturated carbocycles. The Balaban J connectivity index is 4.81. The van der Waals surface area contributed by atoms with Crippen LogP contribution in [0.1, 0.15) is 297 Å². The third-order valence-corrected chi connectivity index (χ3v) is 13.1. The summed E-state index contributed by atoms with van der Waals surface area (Å²) in [7, 11) is 0. The van der Waals surface area contributed by atoms with Gasteiger partial charge in [-0.3, -0.25) is 9.90 Å². The van der Waals surface area contributed by atoms with E-state index in [1.807, 2.05) is 0 Å². The standard InChI is InChI=1S/C58H113NO3/c1-5-8-11-14-17-19-21-23-25-27-29-31-33-35-37-41-46-51-58(50-45-40-36-34-32-30-28-26-24-22-20-18-15-12-9-6-2)57(4)59(52-47-42-16-13-10-7-3)62-55-49-44-39-38-43-48-54-61-56-53-60/h21,23-24,26,58,60H,4-20,22,25,27-56H2,1-3H3/b23-21+,26-24+. The SMILES string of the molecule is C=C(C(CCCCCCCC/C=C/CCCCCCCC)CCCCCCCCCC/C=C/CCCCCCC)N(CCCCCCCC)OCCCCCCCCOCCO. The van der Waals surface area contributed by atoms with Gasteiger partial charge < -0.3 is 9.84 Å². The average Bonchev–Trinajstić information content (AvgIpc) is 3.28. The predicted octanol–water partition coefficient (Wildman–Crippen LogP) is 19.3. The third-order valence-electron chi connectivity index (χ3n) is 13.1. The van der Waals surface area contributed by atoms with Crippen molar-refractivity contribution in [2.75, 3.05) is 33.0 Å². The zero-order valence-corrected chi connectivity index (χ0v) is 42.7. The van der Waals surface area contributed by atoms with Crippen LogP contribution >= 0.6 is 0 Å². The molecule has 0 radical (unpaired) electrons. The molecule has 0 spiro atoms. The molecule has 0 fully saturated rings. The fourth-order valence-corrected chi connectivity index (χ4v) is 8.82. The smallest absolute Gasteiger partial charge is 0.0748 e.